The number of azo groups is 1. The maximum atomic E-state index is 14.2. The minimum atomic E-state index is -2.39. The molecular weight excluding hydrogens is 912 g/mol. The molecule has 20 heteroatoms. The highest BCUT2D eigenvalue weighted by Gasteiger charge is 2.33. The summed E-state index contributed by atoms with van der Waals surface area (Å²) in [5.41, 5.74) is 12.3. The van der Waals surface area contributed by atoms with Crippen molar-refractivity contribution >= 4 is 84.2 Å². The monoisotopic (exact) mass is 948 g/mol. The second-order valence-electron chi connectivity index (χ2n) is 16.1. The molecule has 5 aromatic carbocycles. The molecule has 2 aromatic heterocycles. The van der Waals surface area contributed by atoms with Crippen LogP contribution in [0.2, 0.25) is 0 Å². The molecule has 0 bridgehead atoms. The minimum Gasteiger partial charge on any atom is -0.494 e. The Balaban J connectivity index is 0.840. The molecule has 0 spiro atoms. The number of carbonyl (C=O) groups is 3. The minimum absolute atomic E-state index is 0.0717. The van der Waals surface area contributed by atoms with Gasteiger partial charge >= 0.3 is 5.97 Å². The van der Waals surface area contributed by atoms with Crippen molar-refractivity contribution in [2.45, 2.75) is 25.7 Å². The predicted octanol–water partition coefficient (Wildman–Crippen LogP) is 9.82. The SMILES string of the molecule is COc1cc(N2CCCC2)c(OC)cc1N=Nc1nc2ccc(C(=O)N3CCc4c(/C=C(\N)C(=O)N5CCc6c5ccc5[nH]c(C(=O)Oc7c(F)c(F)c(F)c(F)c7F)cc65)cccc43)cc2s1. The van der Waals surface area contributed by atoms with Crippen molar-refractivity contribution < 1.29 is 50.5 Å². The first-order valence-electron chi connectivity index (χ1n) is 21.3. The smallest absolute Gasteiger partial charge is 0.360 e. The summed E-state index contributed by atoms with van der Waals surface area (Å²) in [7, 11) is 3.20. The molecule has 0 unspecified atom stereocenters. The highest BCUT2D eigenvalue weighted by atomic mass is 32.1. The summed E-state index contributed by atoms with van der Waals surface area (Å²) in [6.07, 6.45) is 4.63. The third-order valence-electron chi connectivity index (χ3n) is 12.3. The van der Waals surface area contributed by atoms with Gasteiger partial charge in [-0.2, -0.15) is 8.78 Å². The molecule has 1 saturated heterocycles. The summed E-state index contributed by atoms with van der Waals surface area (Å²) < 4.78 is 86.2. The molecule has 2 amide bonds. The first-order chi connectivity index (χ1) is 32.8. The number of aromatic amines is 1. The Bertz CT molecular complexity index is 3300. The first-order valence-corrected chi connectivity index (χ1v) is 22.1. The average Bonchev–Trinajstić information content (AvgIpc) is 4.22. The Morgan fingerprint density at radius 1 is 0.765 bits per heavy atom. The van der Waals surface area contributed by atoms with E-state index in [1.807, 2.05) is 18.2 Å². The van der Waals surface area contributed by atoms with Crippen molar-refractivity contribution in [1.82, 2.24) is 9.97 Å². The molecule has 3 aliphatic rings. The predicted molar refractivity (Wildman–Crippen MR) is 244 cm³/mol. The van der Waals surface area contributed by atoms with E-state index in [4.69, 9.17) is 15.2 Å². The molecule has 1 fully saturated rings. The summed E-state index contributed by atoms with van der Waals surface area (Å²) in [4.78, 5) is 53.6. The van der Waals surface area contributed by atoms with Gasteiger partial charge in [0.25, 0.3) is 11.8 Å². The van der Waals surface area contributed by atoms with Crippen LogP contribution in [-0.4, -0.2) is 68.2 Å². The van der Waals surface area contributed by atoms with Crippen LogP contribution >= 0.6 is 11.3 Å². The fraction of sp³-hybridized carbons (Fsp3) is 0.208. The topological polar surface area (TPSA) is 168 Å². The number of benzene rings is 5. The Labute approximate surface area is 387 Å². The highest BCUT2D eigenvalue weighted by molar-refractivity contribution is 7.21. The lowest BCUT2D eigenvalue weighted by molar-refractivity contribution is -0.115. The van der Waals surface area contributed by atoms with Crippen molar-refractivity contribution in [1.29, 1.82) is 0 Å². The zero-order valence-electron chi connectivity index (χ0n) is 36.1. The lowest BCUT2D eigenvalue weighted by Crippen LogP contribution is -2.33. The summed E-state index contributed by atoms with van der Waals surface area (Å²) >= 11 is 1.29. The number of aromatic nitrogens is 2. The maximum Gasteiger partial charge on any atom is 0.360 e. The zero-order chi connectivity index (χ0) is 47.5. The number of hydrogen-bond acceptors (Lipinski definition) is 12. The zero-order valence-corrected chi connectivity index (χ0v) is 36.9. The third-order valence-corrected chi connectivity index (χ3v) is 13.2. The number of rotatable bonds is 10. The summed E-state index contributed by atoms with van der Waals surface area (Å²) in [5.74, 6) is -14.1. The van der Waals surface area contributed by atoms with Gasteiger partial charge in [-0.15, -0.1) is 10.2 Å². The van der Waals surface area contributed by atoms with E-state index < -0.39 is 46.7 Å². The van der Waals surface area contributed by atoms with Gasteiger partial charge in [0.05, 0.1) is 35.8 Å². The average molecular weight is 949 g/mol. The number of nitrogens with one attached hydrogen (secondary N) is 1. The lowest BCUT2D eigenvalue weighted by Gasteiger charge is -2.21. The van der Waals surface area contributed by atoms with E-state index >= 15 is 0 Å². The van der Waals surface area contributed by atoms with Crippen LogP contribution in [0.5, 0.6) is 17.2 Å². The molecule has 3 N–H and O–H groups in total. The number of carbonyl (C=O) groups excluding carboxylic acids is 3. The van der Waals surface area contributed by atoms with E-state index in [1.165, 1.54) is 22.3 Å². The van der Waals surface area contributed by atoms with E-state index in [1.54, 1.807) is 67.7 Å². The number of nitrogens with two attached hydrogens (primary N) is 1. The summed E-state index contributed by atoms with van der Waals surface area (Å²) in [6.45, 7) is 2.48. The lowest BCUT2D eigenvalue weighted by atomic mass is 10.0. The van der Waals surface area contributed by atoms with Gasteiger partial charge in [0.15, 0.2) is 0 Å². The number of hydrogen-bond donors (Lipinski definition) is 2. The molecule has 3 aliphatic heterocycles. The standard InChI is InChI=1S/C48H37F5N8O6S/c1-65-36-22-35(59-14-3-4-15-59)37(66-2)21-31(36)57-58-48-56-30-9-8-24(19-38(30)68-48)45(62)60-16-12-25-23(6-5-7-33(25)60)18-28(54)46(63)61-17-13-26-27-20-32(55-29(27)10-11-34(26)61)47(64)67-44-42(52)40(50)39(49)41(51)43(44)53/h5-11,18-22,55H,3-4,12-17,54H2,1-2H3/b28-18-,58-57?. The number of nitrogens with zero attached hydrogens (tertiary/aromatic N) is 6. The molecule has 0 atom stereocenters. The van der Waals surface area contributed by atoms with E-state index in [9.17, 15) is 36.3 Å². The number of methoxy groups -OCH3 is 2. The molecule has 7 aromatic rings. The van der Waals surface area contributed by atoms with Gasteiger partial charge in [-0.25, -0.2) is 22.9 Å². The van der Waals surface area contributed by atoms with Gasteiger partial charge in [-0.1, -0.05) is 23.5 Å². The second kappa shape index (κ2) is 17.4. The van der Waals surface area contributed by atoms with E-state index in [0.717, 1.165) is 41.9 Å². The molecule has 0 aliphatic carbocycles. The molecule has 10 rings (SSSR count). The van der Waals surface area contributed by atoms with Crippen LogP contribution in [0.15, 0.2) is 82.7 Å². The molecule has 5 heterocycles. The molecule has 0 radical (unpaired) electrons. The maximum absolute atomic E-state index is 14.2. The van der Waals surface area contributed by atoms with Gasteiger partial charge in [-0.05, 0) is 90.9 Å². The number of anilines is 3. The second-order valence-corrected chi connectivity index (χ2v) is 17.1. The van der Waals surface area contributed by atoms with Gasteiger partial charge in [0, 0.05) is 66.2 Å². The Morgan fingerprint density at radius 3 is 2.22 bits per heavy atom. The number of thiazole rings is 1. The number of fused-ring (bicyclic) bond motifs is 5. The third kappa shape index (κ3) is 7.59. The number of ether oxygens (including phenoxy) is 3. The van der Waals surface area contributed by atoms with Crippen molar-refractivity contribution in [3.05, 3.63) is 129 Å². The quantitative estimate of drug-likeness (QED) is 0.0258. The molecule has 14 nitrogen and oxygen atoms in total. The van der Waals surface area contributed by atoms with E-state index in [-0.39, 0.29) is 23.8 Å². The van der Waals surface area contributed by atoms with Crippen LogP contribution in [0, 0.1) is 29.1 Å². The van der Waals surface area contributed by atoms with E-state index in [0.29, 0.717) is 86.2 Å². The fourth-order valence-corrected chi connectivity index (χ4v) is 9.76. The number of amides is 2. The van der Waals surface area contributed by atoms with Gasteiger partial charge in [0.2, 0.25) is 40.0 Å². The van der Waals surface area contributed by atoms with Crippen molar-refractivity contribution in [3.63, 3.8) is 0 Å². The number of H-pyrrole nitrogens is 1. The van der Waals surface area contributed by atoms with Gasteiger partial charge in [0.1, 0.15) is 22.9 Å². The van der Waals surface area contributed by atoms with Crippen LogP contribution in [-0.2, 0) is 17.6 Å². The van der Waals surface area contributed by atoms with Crippen molar-refractivity contribution in [2.75, 3.05) is 55.1 Å². The summed E-state index contributed by atoms with van der Waals surface area (Å²) in [6, 6.07) is 18.9. The highest BCUT2D eigenvalue weighted by Crippen LogP contribution is 2.43. The van der Waals surface area contributed by atoms with Crippen LogP contribution in [0.1, 0.15) is 50.4 Å². The molecule has 68 heavy (non-hydrogen) atoms. The van der Waals surface area contributed by atoms with Gasteiger partial charge < -0.3 is 39.6 Å². The Morgan fingerprint density at radius 2 is 1.47 bits per heavy atom. The van der Waals surface area contributed by atoms with Crippen LogP contribution in [0.25, 0.3) is 27.2 Å². The fourth-order valence-electron chi connectivity index (χ4n) is 8.94. The normalized spacial score (nSPS) is 14.7. The van der Waals surface area contributed by atoms with Crippen molar-refractivity contribution in [3.8, 4) is 17.2 Å². The molecular formula is C48H37F5N8O6S. The Kier molecular flexibility index (Phi) is 11.3. The van der Waals surface area contributed by atoms with Crippen LogP contribution in [0.4, 0.5) is 49.8 Å². The van der Waals surface area contributed by atoms with Crippen molar-refractivity contribution in [2.24, 2.45) is 16.0 Å². The number of esters is 1. The molecule has 346 valence electrons. The van der Waals surface area contributed by atoms with Crippen LogP contribution in [0.3, 0.4) is 0 Å². The number of halogens is 5. The molecule has 0 saturated carbocycles. The summed E-state index contributed by atoms with van der Waals surface area (Å²) in [5, 5.41) is 9.73. The van der Waals surface area contributed by atoms with E-state index in [2.05, 4.69) is 29.8 Å². The van der Waals surface area contributed by atoms with Gasteiger partial charge in [-0.3, -0.25) is 9.59 Å². The first kappa shape index (κ1) is 44.0. The van der Waals surface area contributed by atoms with Crippen LogP contribution < -0.4 is 34.6 Å². The largest absolute Gasteiger partial charge is 0.494 e. The Hall–Kier alpha value is -7.87.